The third kappa shape index (κ3) is 2.85. The average molecular weight is 309 g/mol. The number of halogens is 1. The summed E-state index contributed by atoms with van der Waals surface area (Å²) >= 11 is 6.00. The number of aromatic hydroxyl groups is 2. The van der Waals surface area contributed by atoms with Gasteiger partial charge in [-0.05, 0) is 12.2 Å². The van der Waals surface area contributed by atoms with Crippen molar-refractivity contribution >= 4 is 29.7 Å². The highest BCUT2D eigenvalue weighted by atomic mass is 35.5. The molecule has 7 heteroatoms. The van der Waals surface area contributed by atoms with Gasteiger partial charge in [0, 0.05) is 31.1 Å². The maximum absolute atomic E-state index is 11.8. The summed E-state index contributed by atoms with van der Waals surface area (Å²) in [6.45, 7) is 0. The SMILES string of the molecule is COC(=O)c1c(O)cc(O)c(Cl)c1C=Cc1nccn1C. The first-order valence-corrected chi connectivity index (χ1v) is 6.31. The molecule has 0 radical (unpaired) electrons. The summed E-state index contributed by atoms with van der Waals surface area (Å²) in [6.07, 6.45) is 6.45. The van der Waals surface area contributed by atoms with Gasteiger partial charge in [-0.2, -0.15) is 0 Å². The van der Waals surface area contributed by atoms with E-state index in [1.807, 2.05) is 0 Å². The van der Waals surface area contributed by atoms with Crippen LogP contribution in [0.4, 0.5) is 0 Å². The highest BCUT2D eigenvalue weighted by Crippen LogP contribution is 2.37. The second-order valence-electron chi connectivity index (χ2n) is 4.24. The van der Waals surface area contributed by atoms with E-state index in [2.05, 4.69) is 9.72 Å². The molecule has 0 aliphatic carbocycles. The van der Waals surface area contributed by atoms with Crippen molar-refractivity contribution < 1.29 is 19.7 Å². The Morgan fingerprint density at radius 3 is 2.67 bits per heavy atom. The van der Waals surface area contributed by atoms with Crippen LogP contribution in [0.5, 0.6) is 11.5 Å². The number of hydrogen-bond donors (Lipinski definition) is 2. The molecule has 0 amide bonds. The van der Waals surface area contributed by atoms with Crippen molar-refractivity contribution in [2.45, 2.75) is 0 Å². The van der Waals surface area contributed by atoms with Crippen LogP contribution in [-0.2, 0) is 11.8 Å². The number of phenolic OH excluding ortho intramolecular Hbond substituents is 2. The zero-order chi connectivity index (χ0) is 15.6. The third-order valence-electron chi connectivity index (χ3n) is 2.91. The molecule has 0 aliphatic heterocycles. The molecule has 6 nitrogen and oxygen atoms in total. The number of carbonyl (C=O) groups excluding carboxylic acids is 1. The molecule has 1 heterocycles. The first-order valence-electron chi connectivity index (χ1n) is 5.93. The number of ether oxygens (including phenoxy) is 1. The van der Waals surface area contributed by atoms with E-state index in [9.17, 15) is 15.0 Å². The highest BCUT2D eigenvalue weighted by molar-refractivity contribution is 6.34. The summed E-state index contributed by atoms with van der Waals surface area (Å²) in [6, 6.07) is 0.993. The van der Waals surface area contributed by atoms with Crippen molar-refractivity contribution in [1.82, 2.24) is 9.55 Å². The van der Waals surface area contributed by atoms with Crippen molar-refractivity contribution in [2.24, 2.45) is 7.05 Å². The molecule has 1 aromatic heterocycles. The van der Waals surface area contributed by atoms with Gasteiger partial charge >= 0.3 is 5.97 Å². The van der Waals surface area contributed by atoms with E-state index in [1.54, 1.807) is 30.1 Å². The number of esters is 1. The van der Waals surface area contributed by atoms with Gasteiger partial charge < -0.3 is 19.5 Å². The molecule has 0 aliphatic rings. The predicted molar refractivity (Wildman–Crippen MR) is 78.3 cm³/mol. The third-order valence-corrected chi connectivity index (χ3v) is 3.30. The Labute approximate surface area is 125 Å². The molecule has 2 rings (SSSR count). The number of aryl methyl sites for hydroxylation is 1. The van der Waals surface area contributed by atoms with Crippen molar-refractivity contribution in [2.75, 3.05) is 7.11 Å². The van der Waals surface area contributed by atoms with Crippen molar-refractivity contribution in [3.05, 3.63) is 40.4 Å². The Balaban J connectivity index is 2.58. The number of nitrogens with zero attached hydrogens (tertiary/aromatic N) is 2. The van der Waals surface area contributed by atoms with Crippen LogP contribution in [0, 0.1) is 0 Å². The van der Waals surface area contributed by atoms with E-state index >= 15 is 0 Å². The second kappa shape index (κ2) is 5.88. The van der Waals surface area contributed by atoms with Crippen molar-refractivity contribution in [1.29, 1.82) is 0 Å². The molecule has 110 valence electrons. The fraction of sp³-hybridized carbons (Fsp3) is 0.143. The van der Waals surface area contributed by atoms with E-state index in [0.717, 1.165) is 6.07 Å². The standard InChI is InChI=1S/C14H13ClN2O4/c1-17-6-5-16-11(17)4-3-8-12(14(20)21-2)9(18)7-10(19)13(8)15/h3-7,18-19H,1-2H3. The minimum Gasteiger partial charge on any atom is -0.507 e. The summed E-state index contributed by atoms with van der Waals surface area (Å²) in [4.78, 5) is 15.9. The molecule has 0 saturated heterocycles. The van der Waals surface area contributed by atoms with Crippen LogP contribution in [0.25, 0.3) is 12.2 Å². The maximum atomic E-state index is 11.8. The van der Waals surface area contributed by atoms with Crippen molar-refractivity contribution in [3.63, 3.8) is 0 Å². The van der Waals surface area contributed by atoms with Gasteiger partial charge in [0.1, 0.15) is 22.9 Å². The largest absolute Gasteiger partial charge is 0.507 e. The summed E-state index contributed by atoms with van der Waals surface area (Å²) in [5.74, 6) is -0.886. The fourth-order valence-electron chi connectivity index (χ4n) is 1.82. The highest BCUT2D eigenvalue weighted by Gasteiger charge is 2.21. The number of hydrogen-bond acceptors (Lipinski definition) is 5. The molecule has 2 N–H and O–H groups in total. The fourth-order valence-corrected chi connectivity index (χ4v) is 2.03. The lowest BCUT2D eigenvalue weighted by molar-refractivity contribution is 0.0597. The van der Waals surface area contributed by atoms with Gasteiger partial charge in [0.2, 0.25) is 0 Å². The van der Waals surface area contributed by atoms with E-state index in [4.69, 9.17) is 11.6 Å². The molecule has 0 fully saturated rings. The lowest BCUT2D eigenvalue weighted by Gasteiger charge is -2.10. The van der Waals surface area contributed by atoms with Crippen LogP contribution in [0.2, 0.25) is 5.02 Å². The normalized spacial score (nSPS) is 11.0. The summed E-state index contributed by atoms with van der Waals surface area (Å²) in [5.41, 5.74) is 0.0368. The van der Waals surface area contributed by atoms with Crippen LogP contribution in [0.1, 0.15) is 21.7 Å². The van der Waals surface area contributed by atoms with Gasteiger partial charge in [-0.3, -0.25) is 0 Å². The summed E-state index contributed by atoms with van der Waals surface area (Å²) < 4.78 is 6.37. The second-order valence-corrected chi connectivity index (χ2v) is 4.62. The first-order chi connectivity index (χ1) is 9.95. The quantitative estimate of drug-likeness (QED) is 0.851. The molecule has 0 spiro atoms. The Morgan fingerprint density at radius 2 is 2.10 bits per heavy atom. The van der Waals surface area contributed by atoms with Gasteiger partial charge in [-0.1, -0.05) is 11.6 Å². The smallest absolute Gasteiger partial charge is 0.342 e. The van der Waals surface area contributed by atoms with Gasteiger partial charge in [-0.15, -0.1) is 0 Å². The van der Waals surface area contributed by atoms with Gasteiger partial charge in [0.05, 0.1) is 12.1 Å². The molecule has 0 bridgehead atoms. The molecule has 1 aromatic carbocycles. The van der Waals surface area contributed by atoms with Crippen molar-refractivity contribution in [3.8, 4) is 11.5 Å². The van der Waals surface area contributed by atoms with Crippen LogP contribution >= 0.6 is 11.6 Å². The molecule has 0 atom stereocenters. The van der Waals surface area contributed by atoms with Gasteiger partial charge in [-0.25, -0.2) is 9.78 Å². The predicted octanol–water partition coefficient (Wildman–Crippen LogP) is 2.44. The van der Waals surface area contributed by atoms with Crippen LogP contribution < -0.4 is 0 Å². The Morgan fingerprint density at radius 1 is 1.38 bits per heavy atom. The topological polar surface area (TPSA) is 84.6 Å². The van der Waals surface area contributed by atoms with Crippen LogP contribution in [0.3, 0.4) is 0 Å². The molecular weight excluding hydrogens is 296 g/mol. The number of aromatic nitrogens is 2. The number of phenols is 2. The monoisotopic (exact) mass is 308 g/mol. The van der Waals surface area contributed by atoms with E-state index in [1.165, 1.54) is 13.2 Å². The van der Waals surface area contributed by atoms with E-state index in [-0.39, 0.29) is 21.9 Å². The molecule has 2 aromatic rings. The number of methoxy groups -OCH3 is 1. The number of benzene rings is 1. The minimum atomic E-state index is -0.756. The Kier molecular flexibility index (Phi) is 4.18. The Bertz CT molecular complexity index is 722. The average Bonchev–Trinajstić information content (AvgIpc) is 2.85. The van der Waals surface area contributed by atoms with Crippen LogP contribution in [-0.4, -0.2) is 32.8 Å². The van der Waals surface area contributed by atoms with E-state index in [0.29, 0.717) is 5.82 Å². The lowest BCUT2D eigenvalue weighted by Crippen LogP contribution is -2.05. The zero-order valence-electron chi connectivity index (χ0n) is 11.4. The molecule has 0 saturated carbocycles. The summed E-state index contributed by atoms with van der Waals surface area (Å²) in [7, 11) is 2.99. The van der Waals surface area contributed by atoms with E-state index < -0.39 is 11.7 Å². The minimum absolute atomic E-state index is 0.0568. The maximum Gasteiger partial charge on any atom is 0.342 e. The van der Waals surface area contributed by atoms with Gasteiger partial charge in [0.15, 0.2) is 0 Å². The van der Waals surface area contributed by atoms with Crippen LogP contribution in [0.15, 0.2) is 18.5 Å². The Hall–Kier alpha value is -2.47. The lowest BCUT2D eigenvalue weighted by atomic mass is 10.0. The number of rotatable bonds is 3. The molecule has 21 heavy (non-hydrogen) atoms. The van der Waals surface area contributed by atoms with Gasteiger partial charge in [0.25, 0.3) is 0 Å². The first kappa shape index (κ1) is 14.9. The molecule has 0 unspecified atom stereocenters. The number of imidazole rings is 1. The summed E-state index contributed by atoms with van der Waals surface area (Å²) in [5, 5.41) is 19.5. The zero-order valence-corrected chi connectivity index (χ0v) is 12.1. The number of carbonyl (C=O) groups is 1. The molecular formula is C14H13ClN2O4.